The van der Waals surface area contributed by atoms with Crippen LogP contribution in [0.1, 0.15) is 0 Å². The summed E-state index contributed by atoms with van der Waals surface area (Å²) in [5.74, 6) is 1.76. The molecule has 3 heterocycles. The number of fused-ring (bicyclic) bond motifs is 3. The molecule has 4 nitrogen and oxygen atoms in total. The van der Waals surface area contributed by atoms with Gasteiger partial charge in [0, 0.05) is 13.1 Å². The molecule has 3 rings (SSSR count). The van der Waals surface area contributed by atoms with Crippen LogP contribution < -0.4 is 0 Å². The number of carbonyl (C=O) groups excluding carboxylic acids is 1. The standard InChI is InChI=1S/C7H10N2O2/c10-6-7-5-8-1-3-9(7,11)4-2-8/h1-5H2. The Morgan fingerprint density at radius 1 is 1.45 bits per heavy atom. The van der Waals surface area contributed by atoms with Crippen LogP contribution in [0.4, 0.5) is 0 Å². The van der Waals surface area contributed by atoms with Gasteiger partial charge in [0.2, 0.25) is 5.70 Å². The van der Waals surface area contributed by atoms with Gasteiger partial charge in [-0.2, -0.15) is 0 Å². The maximum Gasteiger partial charge on any atom is 0.207 e. The molecule has 4 heteroatoms. The molecule has 0 aliphatic carbocycles. The van der Waals surface area contributed by atoms with Crippen molar-refractivity contribution >= 4 is 5.94 Å². The lowest BCUT2D eigenvalue weighted by molar-refractivity contribution is -0.856. The Hall–Kier alpha value is -0.670. The summed E-state index contributed by atoms with van der Waals surface area (Å²) in [6, 6.07) is 0. The smallest absolute Gasteiger partial charge is 0.207 e. The Bertz CT molecular complexity index is 225. The highest BCUT2D eigenvalue weighted by Crippen LogP contribution is 2.24. The average molecular weight is 154 g/mol. The molecule has 60 valence electrons. The Labute approximate surface area is 64.9 Å². The number of piperazine rings is 3. The summed E-state index contributed by atoms with van der Waals surface area (Å²) in [5.41, 5.74) is 0.377. The first kappa shape index (κ1) is 7.00. The van der Waals surface area contributed by atoms with Crippen LogP contribution in [0.15, 0.2) is 5.70 Å². The summed E-state index contributed by atoms with van der Waals surface area (Å²) >= 11 is 0. The molecule has 3 aliphatic rings. The van der Waals surface area contributed by atoms with Crippen LogP contribution in [0.3, 0.4) is 0 Å². The highest BCUT2D eigenvalue weighted by molar-refractivity contribution is 5.50. The van der Waals surface area contributed by atoms with E-state index in [1.807, 2.05) is 0 Å². The fourth-order valence-corrected chi connectivity index (χ4v) is 1.71. The predicted octanol–water partition coefficient (Wildman–Crippen LogP) is -0.654. The molecule has 0 spiro atoms. The Morgan fingerprint density at radius 2 is 2.09 bits per heavy atom. The Morgan fingerprint density at radius 3 is 2.45 bits per heavy atom. The number of hydroxylamine groups is 3. The van der Waals surface area contributed by atoms with E-state index in [-0.39, 0.29) is 0 Å². The van der Waals surface area contributed by atoms with Crippen molar-refractivity contribution in [1.82, 2.24) is 4.90 Å². The maximum absolute atomic E-state index is 11.7. The van der Waals surface area contributed by atoms with Crippen LogP contribution in [0.5, 0.6) is 0 Å². The maximum atomic E-state index is 11.7. The second-order valence-corrected chi connectivity index (χ2v) is 3.16. The number of rotatable bonds is 0. The van der Waals surface area contributed by atoms with Crippen molar-refractivity contribution in [3.8, 4) is 0 Å². The molecule has 0 aromatic carbocycles. The molecular weight excluding hydrogens is 144 g/mol. The van der Waals surface area contributed by atoms with Crippen LogP contribution in [0, 0.1) is 5.21 Å². The monoisotopic (exact) mass is 154 g/mol. The number of nitrogens with zero attached hydrogens (tertiary/aromatic N) is 2. The third kappa shape index (κ3) is 0.921. The van der Waals surface area contributed by atoms with E-state index in [2.05, 4.69) is 4.90 Å². The van der Waals surface area contributed by atoms with Crippen LogP contribution in [0.2, 0.25) is 0 Å². The lowest BCUT2D eigenvalue weighted by Crippen LogP contribution is -2.62. The van der Waals surface area contributed by atoms with Crippen molar-refractivity contribution in [2.75, 3.05) is 32.7 Å². The van der Waals surface area contributed by atoms with E-state index in [4.69, 9.17) is 0 Å². The van der Waals surface area contributed by atoms with Crippen molar-refractivity contribution in [2.24, 2.45) is 0 Å². The van der Waals surface area contributed by atoms with E-state index in [1.54, 1.807) is 5.94 Å². The first-order valence-corrected chi connectivity index (χ1v) is 3.79. The molecule has 3 aliphatic heterocycles. The van der Waals surface area contributed by atoms with Gasteiger partial charge in [0.05, 0.1) is 19.6 Å². The zero-order chi connectivity index (χ0) is 7.90. The van der Waals surface area contributed by atoms with E-state index < -0.39 is 4.65 Å². The zero-order valence-electron chi connectivity index (χ0n) is 6.25. The molecule has 0 unspecified atom stereocenters. The average Bonchev–Trinajstić information content (AvgIpc) is 2.05. The third-order valence-electron chi connectivity index (χ3n) is 2.54. The second-order valence-electron chi connectivity index (χ2n) is 3.16. The molecule has 0 saturated carbocycles. The molecule has 2 bridgehead atoms. The van der Waals surface area contributed by atoms with Crippen LogP contribution in [0.25, 0.3) is 0 Å². The van der Waals surface area contributed by atoms with Crippen molar-refractivity contribution in [1.29, 1.82) is 0 Å². The minimum absolute atomic E-state index is 0.377. The SMILES string of the molecule is O=C=C1CN2CC[N+]1([O-])CC2. The highest BCUT2D eigenvalue weighted by Gasteiger charge is 2.37. The van der Waals surface area contributed by atoms with E-state index in [0.29, 0.717) is 25.3 Å². The summed E-state index contributed by atoms with van der Waals surface area (Å²) in [6.07, 6.45) is 0. The van der Waals surface area contributed by atoms with Crippen molar-refractivity contribution in [2.45, 2.75) is 0 Å². The first-order chi connectivity index (χ1) is 5.24. The van der Waals surface area contributed by atoms with Gasteiger partial charge in [0.15, 0.2) is 5.94 Å². The quantitative estimate of drug-likeness (QED) is 0.264. The number of quaternary nitrogens is 1. The minimum atomic E-state index is -0.403. The number of hydrogen-bond donors (Lipinski definition) is 0. The fourth-order valence-electron chi connectivity index (χ4n) is 1.71. The molecule has 0 atom stereocenters. The molecule has 3 fully saturated rings. The Balaban J connectivity index is 2.34. The van der Waals surface area contributed by atoms with E-state index in [9.17, 15) is 10.0 Å². The van der Waals surface area contributed by atoms with E-state index in [0.717, 1.165) is 13.1 Å². The second kappa shape index (κ2) is 2.16. The van der Waals surface area contributed by atoms with Gasteiger partial charge >= 0.3 is 0 Å². The van der Waals surface area contributed by atoms with Gasteiger partial charge in [-0.15, -0.1) is 0 Å². The molecule has 0 radical (unpaired) electrons. The number of hydrogen-bond acceptors (Lipinski definition) is 3. The van der Waals surface area contributed by atoms with Gasteiger partial charge in [0.25, 0.3) is 0 Å². The van der Waals surface area contributed by atoms with E-state index >= 15 is 0 Å². The zero-order valence-corrected chi connectivity index (χ0v) is 6.25. The molecular formula is C7H10N2O2. The van der Waals surface area contributed by atoms with Crippen LogP contribution in [-0.2, 0) is 4.79 Å². The normalized spacial score (nSPS) is 42.3. The van der Waals surface area contributed by atoms with Crippen molar-refractivity contribution in [3.63, 3.8) is 0 Å². The predicted molar refractivity (Wildman–Crippen MR) is 39.0 cm³/mol. The fraction of sp³-hybridized carbons (Fsp3) is 0.714. The summed E-state index contributed by atoms with van der Waals surface area (Å²) < 4.78 is -0.403. The highest BCUT2D eigenvalue weighted by atomic mass is 16.5. The topological polar surface area (TPSA) is 43.4 Å². The molecule has 11 heavy (non-hydrogen) atoms. The van der Waals surface area contributed by atoms with Gasteiger partial charge in [0.1, 0.15) is 0 Å². The Kier molecular flexibility index (Phi) is 1.37. The molecule has 0 aromatic heterocycles. The minimum Gasteiger partial charge on any atom is -0.627 e. The summed E-state index contributed by atoms with van der Waals surface area (Å²) in [5, 5.41) is 11.7. The molecule has 0 aromatic rings. The van der Waals surface area contributed by atoms with Gasteiger partial charge in [-0.1, -0.05) is 0 Å². The van der Waals surface area contributed by atoms with Crippen molar-refractivity contribution < 1.29 is 9.44 Å². The largest absolute Gasteiger partial charge is 0.627 e. The van der Waals surface area contributed by atoms with Gasteiger partial charge < -0.3 is 9.85 Å². The summed E-state index contributed by atoms with van der Waals surface area (Å²) in [7, 11) is 0. The van der Waals surface area contributed by atoms with Crippen LogP contribution >= 0.6 is 0 Å². The van der Waals surface area contributed by atoms with Gasteiger partial charge in [-0.05, 0) is 0 Å². The van der Waals surface area contributed by atoms with Crippen LogP contribution in [-0.4, -0.2) is 48.2 Å². The van der Waals surface area contributed by atoms with Crippen molar-refractivity contribution in [3.05, 3.63) is 10.9 Å². The van der Waals surface area contributed by atoms with E-state index in [1.165, 1.54) is 0 Å². The lowest BCUT2D eigenvalue weighted by atomic mass is 10.2. The lowest BCUT2D eigenvalue weighted by Gasteiger charge is -2.52. The summed E-state index contributed by atoms with van der Waals surface area (Å²) in [4.78, 5) is 12.5. The third-order valence-corrected chi connectivity index (χ3v) is 2.54. The molecule has 0 N–H and O–H groups in total. The van der Waals surface area contributed by atoms with Gasteiger partial charge in [-0.25, -0.2) is 4.79 Å². The molecule has 3 saturated heterocycles. The summed E-state index contributed by atoms with van der Waals surface area (Å²) in [6.45, 7) is 3.26. The first-order valence-electron chi connectivity index (χ1n) is 3.79. The van der Waals surface area contributed by atoms with Gasteiger partial charge in [-0.3, -0.25) is 4.90 Å². The molecule has 0 amide bonds.